The molecular formula is C13H12BrN5. The van der Waals surface area contributed by atoms with Gasteiger partial charge < -0.3 is 9.88 Å². The van der Waals surface area contributed by atoms with Crippen molar-refractivity contribution in [1.82, 2.24) is 19.9 Å². The fourth-order valence-electron chi connectivity index (χ4n) is 1.77. The van der Waals surface area contributed by atoms with E-state index < -0.39 is 0 Å². The molecule has 0 bridgehead atoms. The van der Waals surface area contributed by atoms with Crippen LogP contribution in [-0.4, -0.2) is 34.0 Å². The van der Waals surface area contributed by atoms with Gasteiger partial charge in [0.15, 0.2) is 11.5 Å². The molecule has 0 saturated heterocycles. The predicted molar refractivity (Wildman–Crippen MR) is 79.1 cm³/mol. The Morgan fingerprint density at radius 3 is 2.63 bits per heavy atom. The number of nitrogens with zero attached hydrogens (tertiary/aromatic N) is 4. The molecule has 0 aliphatic carbocycles. The second kappa shape index (κ2) is 4.62. The van der Waals surface area contributed by atoms with Gasteiger partial charge in [0.2, 0.25) is 0 Å². The minimum absolute atomic E-state index is 0.700. The van der Waals surface area contributed by atoms with Gasteiger partial charge in [0.1, 0.15) is 11.5 Å². The number of fused-ring (bicyclic) bond motifs is 1. The lowest BCUT2D eigenvalue weighted by Gasteiger charge is -2.09. The normalized spacial score (nSPS) is 10.9. The first-order valence-corrected chi connectivity index (χ1v) is 6.59. The first-order valence-electron chi connectivity index (χ1n) is 5.79. The van der Waals surface area contributed by atoms with Crippen LogP contribution in [0.25, 0.3) is 22.7 Å². The summed E-state index contributed by atoms with van der Waals surface area (Å²) in [4.78, 5) is 18.5. The molecular weight excluding hydrogens is 306 g/mol. The van der Waals surface area contributed by atoms with Crippen molar-refractivity contribution >= 4 is 32.9 Å². The molecule has 96 valence electrons. The van der Waals surface area contributed by atoms with Crippen molar-refractivity contribution in [2.45, 2.75) is 0 Å². The maximum atomic E-state index is 4.48. The average molecular weight is 318 g/mol. The van der Waals surface area contributed by atoms with Crippen molar-refractivity contribution in [2.75, 3.05) is 19.0 Å². The summed E-state index contributed by atoms with van der Waals surface area (Å²) in [5.41, 5.74) is 2.41. The van der Waals surface area contributed by atoms with Crippen molar-refractivity contribution in [3.8, 4) is 11.5 Å². The summed E-state index contributed by atoms with van der Waals surface area (Å²) in [6, 6.07) is 7.79. The number of rotatable bonds is 2. The van der Waals surface area contributed by atoms with Crippen molar-refractivity contribution in [1.29, 1.82) is 0 Å². The maximum absolute atomic E-state index is 4.48. The molecule has 0 aromatic carbocycles. The highest BCUT2D eigenvalue weighted by Gasteiger charge is 2.08. The number of nitrogens with one attached hydrogen (secondary N) is 1. The smallest absolute Gasteiger partial charge is 0.180 e. The molecule has 0 aliphatic rings. The van der Waals surface area contributed by atoms with Crippen molar-refractivity contribution in [3.63, 3.8) is 0 Å². The van der Waals surface area contributed by atoms with Crippen LogP contribution < -0.4 is 4.90 Å². The van der Waals surface area contributed by atoms with Crippen LogP contribution in [0.2, 0.25) is 0 Å². The molecule has 3 heterocycles. The first-order chi connectivity index (χ1) is 9.13. The van der Waals surface area contributed by atoms with Gasteiger partial charge in [0.25, 0.3) is 0 Å². The first kappa shape index (κ1) is 12.1. The molecule has 3 aromatic rings. The van der Waals surface area contributed by atoms with Gasteiger partial charge in [-0.1, -0.05) is 0 Å². The zero-order chi connectivity index (χ0) is 13.4. The van der Waals surface area contributed by atoms with E-state index in [9.17, 15) is 0 Å². The van der Waals surface area contributed by atoms with Gasteiger partial charge in [0.05, 0.1) is 5.52 Å². The summed E-state index contributed by atoms with van der Waals surface area (Å²) in [5, 5.41) is 0. The van der Waals surface area contributed by atoms with Crippen LogP contribution >= 0.6 is 15.9 Å². The Bertz CT molecular complexity index is 717. The predicted octanol–water partition coefficient (Wildman–Crippen LogP) is 2.85. The average Bonchev–Trinajstić information content (AvgIpc) is 2.82. The highest BCUT2D eigenvalue weighted by molar-refractivity contribution is 9.10. The van der Waals surface area contributed by atoms with Crippen molar-refractivity contribution < 1.29 is 0 Å². The molecule has 1 N–H and O–H groups in total. The Morgan fingerprint density at radius 2 is 1.95 bits per heavy atom. The standard InChI is InChI=1S/C13H12BrN5/c1-19(2)11-6-5-10-13(17-11)18-12(16-10)9-4-3-8(14)7-15-9/h3-7H,1-2H3,(H,16,17,18). The van der Waals surface area contributed by atoms with E-state index >= 15 is 0 Å². The minimum atomic E-state index is 0.700. The summed E-state index contributed by atoms with van der Waals surface area (Å²) in [5.74, 6) is 1.61. The van der Waals surface area contributed by atoms with E-state index in [1.54, 1.807) is 6.20 Å². The number of hydrogen-bond donors (Lipinski definition) is 1. The molecule has 0 fully saturated rings. The minimum Gasteiger partial charge on any atom is -0.363 e. The van der Waals surface area contributed by atoms with Crippen LogP contribution in [0.3, 0.4) is 0 Å². The van der Waals surface area contributed by atoms with Gasteiger partial charge in [-0.25, -0.2) is 9.97 Å². The van der Waals surface area contributed by atoms with E-state index in [4.69, 9.17) is 0 Å². The molecule has 0 radical (unpaired) electrons. The molecule has 0 atom stereocenters. The van der Waals surface area contributed by atoms with Gasteiger partial charge >= 0.3 is 0 Å². The highest BCUT2D eigenvalue weighted by atomic mass is 79.9. The third-order valence-electron chi connectivity index (χ3n) is 2.76. The number of hydrogen-bond acceptors (Lipinski definition) is 4. The summed E-state index contributed by atoms with van der Waals surface area (Å²) in [6.07, 6.45) is 1.75. The Labute approximate surface area is 118 Å². The summed E-state index contributed by atoms with van der Waals surface area (Å²) in [6.45, 7) is 0. The molecule has 5 nitrogen and oxygen atoms in total. The SMILES string of the molecule is CN(C)c1ccc2[nH]c(-c3ccc(Br)cn3)nc2n1. The molecule has 6 heteroatoms. The third-order valence-corrected chi connectivity index (χ3v) is 3.23. The number of halogens is 1. The number of aromatic amines is 1. The van der Waals surface area contributed by atoms with Crippen LogP contribution in [0.4, 0.5) is 5.82 Å². The molecule has 3 aromatic heterocycles. The molecule has 0 spiro atoms. The zero-order valence-corrected chi connectivity index (χ0v) is 12.1. The zero-order valence-electron chi connectivity index (χ0n) is 10.6. The number of imidazole rings is 1. The molecule has 0 amide bonds. The van der Waals surface area contributed by atoms with E-state index in [0.717, 1.165) is 27.3 Å². The molecule has 19 heavy (non-hydrogen) atoms. The molecule has 3 rings (SSSR count). The fraction of sp³-hybridized carbons (Fsp3) is 0.154. The second-order valence-corrected chi connectivity index (χ2v) is 5.30. The van der Waals surface area contributed by atoms with E-state index in [0.29, 0.717) is 5.65 Å². The highest BCUT2D eigenvalue weighted by Crippen LogP contribution is 2.20. The number of H-pyrrole nitrogens is 1. The molecule has 0 saturated carbocycles. The molecule has 0 aliphatic heterocycles. The number of pyridine rings is 2. The monoisotopic (exact) mass is 317 g/mol. The summed E-state index contributed by atoms with van der Waals surface area (Å²) < 4.78 is 0.945. The Morgan fingerprint density at radius 1 is 1.11 bits per heavy atom. The quantitative estimate of drug-likeness (QED) is 0.789. The van der Waals surface area contributed by atoms with E-state index in [-0.39, 0.29) is 0 Å². The van der Waals surface area contributed by atoms with Gasteiger partial charge in [-0.2, -0.15) is 0 Å². The lowest BCUT2D eigenvalue weighted by atomic mass is 10.3. The van der Waals surface area contributed by atoms with Crippen LogP contribution in [0.1, 0.15) is 0 Å². The second-order valence-electron chi connectivity index (χ2n) is 4.38. The lowest BCUT2D eigenvalue weighted by Crippen LogP contribution is -2.10. The lowest BCUT2D eigenvalue weighted by molar-refractivity contribution is 1.08. The Kier molecular flexibility index (Phi) is 2.94. The van der Waals surface area contributed by atoms with Crippen molar-refractivity contribution in [3.05, 3.63) is 34.9 Å². The largest absolute Gasteiger partial charge is 0.363 e. The van der Waals surface area contributed by atoms with Crippen LogP contribution in [-0.2, 0) is 0 Å². The van der Waals surface area contributed by atoms with E-state index in [2.05, 4.69) is 35.9 Å². The van der Waals surface area contributed by atoms with Gasteiger partial charge in [-0.3, -0.25) is 4.98 Å². The van der Waals surface area contributed by atoms with E-state index in [1.165, 1.54) is 0 Å². The number of aromatic nitrogens is 4. The fourth-order valence-corrected chi connectivity index (χ4v) is 2.00. The summed E-state index contributed by atoms with van der Waals surface area (Å²) in [7, 11) is 3.91. The third kappa shape index (κ3) is 2.31. The molecule has 0 unspecified atom stereocenters. The van der Waals surface area contributed by atoms with Crippen molar-refractivity contribution in [2.24, 2.45) is 0 Å². The van der Waals surface area contributed by atoms with E-state index in [1.807, 2.05) is 43.3 Å². The van der Waals surface area contributed by atoms with Gasteiger partial charge in [-0.05, 0) is 40.2 Å². The topological polar surface area (TPSA) is 57.7 Å². The summed E-state index contributed by atoms with van der Waals surface area (Å²) >= 11 is 3.37. The maximum Gasteiger partial charge on any atom is 0.180 e. The Balaban J connectivity index is 2.08. The van der Waals surface area contributed by atoms with Crippen LogP contribution in [0.5, 0.6) is 0 Å². The van der Waals surface area contributed by atoms with Gasteiger partial charge in [-0.15, -0.1) is 0 Å². The Hall–Kier alpha value is -1.95. The van der Waals surface area contributed by atoms with Crippen LogP contribution in [0.15, 0.2) is 34.9 Å². The number of anilines is 1. The van der Waals surface area contributed by atoms with Crippen LogP contribution in [0, 0.1) is 0 Å². The van der Waals surface area contributed by atoms with Gasteiger partial charge in [0, 0.05) is 24.8 Å².